The first-order chi connectivity index (χ1) is 12.4. The van der Waals surface area contributed by atoms with Crippen LogP contribution < -0.4 is 10.9 Å². The van der Waals surface area contributed by atoms with Crippen LogP contribution in [0.3, 0.4) is 0 Å². The molecule has 3 rings (SSSR count). The van der Waals surface area contributed by atoms with Gasteiger partial charge in [0.15, 0.2) is 5.16 Å². The number of aromatic amines is 1. The molecule has 1 amide bonds. The molecule has 0 aliphatic heterocycles. The molecule has 2 aromatic heterocycles. The fourth-order valence-corrected chi connectivity index (χ4v) is 3.68. The molecule has 0 radical (unpaired) electrons. The number of aromatic nitrogens is 3. The average molecular weight is 391 g/mol. The first-order valence-electron chi connectivity index (χ1n) is 8.18. The minimum atomic E-state index is -0.178. The van der Waals surface area contributed by atoms with Crippen molar-refractivity contribution in [3.63, 3.8) is 0 Å². The quantitative estimate of drug-likeness (QED) is 0.513. The van der Waals surface area contributed by atoms with Crippen LogP contribution >= 0.6 is 23.4 Å². The van der Waals surface area contributed by atoms with Crippen LogP contribution in [0, 0.1) is 13.8 Å². The lowest BCUT2D eigenvalue weighted by Crippen LogP contribution is -2.23. The van der Waals surface area contributed by atoms with Gasteiger partial charge in [0.1, 0.15) is 5.52 Å². The van der Waals surface area contributed by atoms with Gasteiger partial charge in [0.05, 0.1) is 11.3 Å². The number of anilines is 1. The highest BCUT2D eigenvalue weighted by molar-refractivity contribution is 7.99. The maximum atomic E-state index is 12.6. The molecule has 0 fully saturated rings. The van der Waals surface area contributed by atoms with E-state index in [2.05, 4.69) is 15.3 Å². The first-order valence-corrected chi connectivity index (χ1v) is 9.54. The smallest absolute Gasteiger partial charge is 0.278 e. The van der Waals surface area contributed by atoms with Crippen LogP contribution in [0.15, 0.2) is 34.2 Å². The Morgan fingerprint density at radius 3 is 2.85 bits per heavy atom. The van der Waals surface area contributed by atoms with E-state index in [0.29, 0.717) is 33.4 Å². The van der Waals surface area contributed by atoms with Crippen LogP contribution in [0.1, 0.15) is 18.2 Å². The van der Waals surface area contributed by atoms with Gasteiger partial charge in [-0.1, -0.05) is 29.4 Å². The number of thioether (sulfide) groups is 1. The molecule has 8 heteroatoms. The number of hydrogen-bond donors (Lipinski definition) is 2. The maximum Gasteiger partial charge on any atom is 0.278 e. The van der Waals surface area contributed by atoms with Crippen molar-refractivity contribution in [3.8, 4) is 0 Å². The molecule has 0 aliphatic rings. The molecule has 136 valence electrons. The fraction of sp³-hybridized carbons (Fsp3) is 0.278. The van der Waals surface area contributed by atoms with E-state index in [0.717, 1.165) is 11.3 Å². The maximum absolute atomic E-state index is 12.6. The van der Waals surface area contributed by atoms with Crippen molar-refractivity contribution in [2.75, 3.05) is 11.1 Å². The molecule has 0 bridgehead atoms. The highest BCUT2D eigenvalue weighted by Gasteiger charge is 2.14. The molecule has 0 aliphatic carbocycles. The number of benzene rings is 1. The van der Waals surface area contributed by atoms with Crippen LogP contribution in [-0.4, -0.2) is 26.2 Å². The van der Waals surface area contributed by atoms with E-state index in [1.54, 1.807) is 16.7 Å². The molecule has 2 N–H and O–H groups in total. The Morgan fingerprint density at radius 2 is 2.12 bits per heavy atom. The summed E-state index contributed by atoms with van der Waals surface area (Å²) in [5, 5.41) is 3.94. The van der Waals surface area contributed by atoms with Crippen molar-refractivity contribution in [3.05, 3.63) is 50.9 Å². The summed E-state index contributed by atoms with van der Waals surface area (Å²) >= 11 is 7.22. The third kappa shape index (κ3) is 3.78. The summed E-state index contributed by atoms with van der Waals surface area (Å²) < 4.78 is 1.57. The van der Waals surface area contributed by atoms with Crippen molar-refractivity contribution in [1.82, 2.24) is 14.5 Å². The van der Waals surface area contributed by atoms with E-state index in [1.807, 2.05) is 32.9 Å². The van der Waals surface area contributed by atoms with E-state index < -0.39 is 0 Å². The molecule has 0 spiro atoms. The van der Waals surface area contributed by atoms with Crippen molar-refractivity contribution in [1.29, 1.82) is 0 Å². The second kappa shape index (κ2) is 7.55. The zero-order valence-corrected chi connectivity index (χ0v) is 16.3. The van der Waals surface area contributed by atoms with Gasteiger partial charge >= 0.3 is 0 Å². The van der Waals surface area contributed by atoms with E-state index >= 15 is 0 Å². The van der Waals surface area contributed by atoms with Crippen LogP contribution in [0.4, 0.5) is 5.69 Å². The van der Waals surface area contributed by atoms with Gasteiger partial charge in [-0.05, 0) is 44.5 Å². The number of nitrogens with zero attached hydrogens (tertiary/aromatic N) is 2. The molecule has 3 aromatic rings. The van der Waals surface area contributed by atoms with E-state index in [9.17, 15) is 9.59 Å². The van der Waals surface area contributed by atoms with Gasteiger partial charge in [-0.2, -0.15) is 0 Å². The number of fused-ring (bicyclic) bond motifs is 1. The van der Waals surface area contributed by atoms with Crippen molar-refractivity contribution >= 4 is 46.0 Å². The number of hydrogen-bond acceptors (Lipinski definition) is 4. The van der Waals surface area contributed by atoms with Crippen molar-refractivity contribution in [2.24, 2.45) is 0 Å². The minimum absolute atomic E-state index is 0.126. The Morgan fingerprint density at radius 1 is 1.35 bits per heavy atom. The van der Waals surface area contributed by atoms with Gasteiger partial charge < -0.3 is 10.3 Å². The van der Waals surface area contributed by atoms with Gasteiger partial charge in [0.2, 0.25) is 5.91 Å². The topological polar surface area (TPSA) is 79.8 Å². The summed E-state index contributed by atoms with van der Waals surface area (Å²) in [6.07, 6.45) is 0. The zero-order chi connectivity index (χ0) is 18.8. The summed E-state index contributed by atoms with van der Waals surface area (Å²) in [7, 11) is 0. The molecular weight excluding hydrogens is 372 g/mol. The molecule has 0 saturated carbocycles. The molecule has 1 aromatic carbocycles. The Hall–Kier alpha value is -2.25. The Kier molecular flexibility index (Phi) is 5.38. The minimum Gasteiger partial charge on any atom is -0.353 e. The van der Waals surface area contributed by atoms with E-state index in [1.165, 1.54) is 11.8 Å². The number of H-pyrrole nitrogens is 1. The molecule has 0 unspecified atom stereocenters. The van der Waals surface area contributed by atoms with Gasteiger partial charge in [-0.3, -0.25) is 14.2 Å². The van der Waals surface area contributed by atoms with Gasteiger partial charge in [-0.25, -0.2) is 4.98 Å². The van der Waals surface area contributed by atoms with E-state index in [4.69, 9.17) is 11.6 Å². The molecule has 0 atom stereocenters. The highest BCUT2D eigenvalue weighted by Crippen LogP contribution is 2.22. The largest absolute Gasteiger partial charge is 0.353 e. The number of rotatable bonds is 5. The molecule has 6 nitrogen and oxygen atoms in total. The molecular formula is C18H19ClN4O2S. The van der Waals surface area contributed by atoms with Crippen molar-refractivity contribution in [2.45, 2.75) is 32.5 Å². The van der Waals surface area contributed by atoms with Crippen LogP contribution in [-0.2, 0) is 11.3 Å². The van der Waals surface area contributed by atoms with Gasteiger partial charge in [-0.15, -0.1) is 0 Å². The Balaban J connectivity index is 1.79. The summed E-state index contributed by atoms with van der Waals surface area (Å²) in [5.74, 6) is -0.0320. The Labute approximate surface area is 160 Å². The summed E-state index contributed by atoms with van der Waals surface area (Å²) in [6, 6.07) is 7.17. The first kappa shape index (κ1) is 18.5. The fourth-order valence-electron chi connectivity index (χ4n) is 2.65. The number of carbonyl (C=O) groups excluding carboxylic acids is 1. The normalized spacial score (nSPS) is 11.1. The third-order valence-corrected chi connectivity index (χ3v) is 5.17. The predicted octanol–water partition coefficient (Wildman–Crippen LogP) is 3.75. The monoisotopic (exact) mass is 390 g/mol. The number of halogens is 1. The van der Waals surface area contributed by atoms with Gasteiger partial charge in [0, 0.05) is 22.9 Å². The van der Waals surface area contributed by atoms with Crippen LogP contribution in [0.25, 0.3) is 11.0 Å². The van der Waals surface area contributed by atoms with E-state index in [-0.39, 0.29) is 17.2 Å². The van der Waals surface area contributed by atoms with Crippen molar-refractivity contribution < 1.29 is 4.79 Å². The summed E-state index contributed by atoms with van der Waals surface area (Å²) in [6.45, 7) is 6.14. The third-order valence-electron chi connectivity index (χ3n) is 3.96. The summed E-state index contributed by atoms with van der Waals surface area (Å²) in [4.78, 5) is 32.5. The zero-order valence-electron chi connectivity index (χ0n) is 14.7. The number of carbonyl (C=O) groups is 1. The SMILES string of the molecule is CCn1c(SCC(=O)Nc2cc(Cl)ccc2C)nc2cc(C)[nH]c2c1=O. The molecule has 0 saturated heterocycles. The molecule has 2 heterocycles. The standard InChI is InChI=1S/C18H19ClN4O2S/c1-4-23-17(25)16-14(7-11(3)20-16)22-18(23)26-9-15(24)21-13-8-12(19)6-5-10(13)2/h5-8,20H,4,9H2,1-3H3,(H,21,24). The van der Waals surface area contributed by atoms with Gasteiger partial charge in [0.25, 0.3) is 5.56 Å². The lowest BCUT2D eigenvalue weighted by atomic mass is 10.2. The average Bonchev–Trinajstić information content (AvgIpc) is 2.97. The molecule has 26 heavy (non-hydrogen) atoms. The second-order valence-corrected chi connectivity index (χ2v) is 7.33. The predicted molar refractivity (Wildman–Crippen MR) is 106 cm³/mol. The number of aryl methyl sites for hydroxylation is 2. The lowest BCUT2D eigenvalue weighted by molar-refractivity contribution is -0.113. The number of nitrogens with one attached hydrogen (secondary N) is 2. The van der Waals surface area contributed by atoms with Crippen LogP contribution in [0.5, 0.6) is 0 Å². The highest BCUT2D eigenvalue weighted by atomic mass is 35.5. The number of amides is 1. The lowest BCUT2D eigenvalue weighted by Gasteiger charge is -2.11. The summed E-state index contributed by atoms with van der Waals surface area (Å²) in [5.41, 5.74) is 3.47. The van der Waals surface area contributed by atoms with Crippen LogP contribution in [0.2, 0.25) is 5.02 Å². The Bertz CT molecular complexity index is 1040. The second-order valence-electron chi connectivity index (χ2n) is 5.95.